The van der Waals surface area contributed by atoms with Gasteiger partial charge in [0, 0.05) is 16.7 Å². The molecule has 0 fully saturated rings. The number of carbonyl (C=O) groups is 1. The number of carbonyl (C=O) groups excluding carboxylic acids is 1. The third-order valence-corrected chi connectivity index (χ3v) is 3.07. The van der Waals surface area contributed by atoms with Crippen LogP contribution < -0.4 is 5.32 Å². The van der Waals surface area contributed by atoms with Crippen molar-refractivity contribution in [3.05, 3.63) is 46.8 Å². The fourth-order valence-corrected chi connectivity index (χ4v) is 2.21. The molecule has 1 N–H and O–H groups in total. The van der Waals surface area contributed by atoms with E-state index in [-0.39, 0.29) is 0 Å². The molecule has 4 heteroatoms. The van der Waals surface area contributed by atoms with Crippen molar-refractivity contribution in [1.29, 1.82) is 0 Å². The van der Waals surface area contributed by atoms with Crippen LogP contribution in [0, 0.1) is 0 Å². The minimum absolute atomic E-state index is 0.336. The summed E-state index contributed by atoms with van der Waals surface area (Å²) in [6.07, 6.45) is 12.8. The molecule has 1 aliphatic heterocycles. The predicted molar refractivity (Wildman–Crippen MR) is 69.9 cm³/mol. The van der Waals surface area contributed by atoms with E-state index in [1.807, 2.05) is 24.3 Å². The van der Waals surface area contributed by atoms with Gasteiger partial charge < -0.3 is 5.32 Å². The third kappa shape index (κ3) is 4.95. The summed E-state index contributed by atoms with van der Waals surface area (Å²) in [5, 5.41) is 4.68. The van der Waals surface area contributed by atoms with E-state index in [2.05, 4.69) is 30.1 Å². The van der Waals surface area contributed by atoms with Crippen molar-refractivity contribution in [3.63, 3.8) is 0 Å². The van der Waals surface area contributed by atoms with Crippen molar-refractivity contribution in [3.8, 4) is 0 Å². The number of nitrogens with one attached hydrogen (secondary N) is 1. The molecule has 0 radical (unpaired) electrons. The highest BCUT2D eigenvalue weighted by atomic mass is 32.2. The molecule has 0 saturated carbocycles. The predicted octanol–water partition coefficient (Wildman–Crippen LogP) is 2.29. The maximum Gasteiger partial charge on any atom is 0.207 e. The van der Waals surface area contributed by atoms with E-state index >= 15 is 0 Å². The van der Waals surface area contributed by atoms with Gasteiger partial charge >= 0.3 is 0 Å². The molecule has 1 amide bonds. The first-order valence-electron chi connectivity index (χ1n) is 4.55. The van der Waals surface area contributed by atoms with Crippen LogP contribution in [-0.4, -0.2) is 18.2 Å². The van der Waals surface area contributed by atoms with Gasteiger partial charge in [0.2, 0.25) is 6.41 Å². The molecular formula is C11H13NOS2. The average molecular weight is 239 g/mol. The van der Waals surface area contributed by atoms with Crippen molar-refractivity contribution in [2.24, 2.45) is 0 Å². The first-order chi connectivity index (χ1) is 7.36. The molecule has 15 heavy (non-hydrogen) atoms. The van der Waals surface area contributed by atoms with Crippen LogP contribution in [0.4, 0.5) is 0 Å². The Balaban J connectivity index is 2.44. The highest BCUT2D eigenvalue weighted by Gasteiger charge is 2.07. The zero-order valence-corrected chi connectivity index (χ0v) is 9.88. The van der Waals surface area contributed by atoms with Crippen LogP contribution >= 0.6 is 24.4 Å². The molecule has 2 nitrogen and oxygen atoms in total. The molecule has 1 atom stereocenters. The first-order valence-corrected chi connectivity index (χ1v) is 5.95. The molecule has 0 aliphatic carbocycles. The number of allylic oxidation sites excluding steroid dienone is 4. The smallest absolute Gasteiger partial charge is 0.207 e. The van der Waals surface area contributed by atoms with Crippen molar-refractivity contribution in [2.75, 3.05) is 6.54 Å². The van der Waals surface area contributed by atoms with Crippen LogP contribution in [0.1, 0.15) is 0 Å². The van der Waals surface area contributed by atoms with Crippen LogP contribution in [0.2, 0.25) is 0 Å². The quantitative estimate of drug-likeness (QED) is 0.438. The lowest BCUT2D eigenvalue weighted by atomic mass is 10.3. The van der Waals surface area contributed by atoms with Crippen LogP contribution in [0.5, 0.6) is 0 Å². The van der Waals surface area contributed by atoms with Gasteiger partial charge in [0.1, 0.15) is 0 Å². The molecule has 80 valence electrons. The Labute approximate surface area is 99.6 Å². The summed E-state index contributed by atoms with van der Waals surface area (Å²) >= 11 is 5.69. The molecule has 1 rings (SSSR count). The van der Waals surface area contributed by atoms with Crippen molar-refractivity contribution in [1.82, 2.24) is 5.32 Å². The Morgan fingerprint density at radius 1 is 1.53 bits per heavy atom. The molecule has 1 aliphatic rings. The second-order valence-electron chi connectivity index (χ2n) is 2.83. The third-order valence-electron chi connectivity index (χ3n) is 1.73. The highest BCUT2D eigenvalue weighted by Crippen LogP contribution is 2.26. The summed E-state index contributed by atoms with van der Waals surface area (Å²) in [5.74, 6) is 0. The average Bonchev–Trinajstić information content (AvgIpc) is 2.27. The summed E-state index contributed by atoms with van der Waals surface area (Å²) in [6.45, 7) is 0.602. The van der Waals surface area contributed by atoms with Gasteiger partial charge in [-0.3, -0.25) is 4.79 Å². The molecule has 0 bridgehead atoms. The van der Waals surface area contributed by atoms with E-state index in [1.54, 1.807) is 17.2 Å². The second-order valence-corrected chi connectivity index (χ2v) is 4.43. The van der Waals surface area contributed by atoms with E-state index in [1.165, 1.54) is 0 Å². The number of hydrogen-bond acceptors (Lipinski definition) is 3. The highest BCUT2D eigenvalue weighted by molar-refractivity contribution is 8.04. The zero-order valence-electron chi connectivity index (χ0n) is 8.17. The fourth-order valence-electron chi connectivity index (χ4n) is 1.10. The summed E-state index contributed by atoms with van der Waals surface area (Å²) in [5.41, 5.74) is 0. The summed E-state index contributed by atoms with van der Waals surface area (Å²) in [7, 11) is 0. The maximum absolute atomic E-state index is 10.1. The van der Waals surface area contributed by atoms with Gasteiger partial charge in [-0.15, -0.1) is 11.8 Å². The van der Waals surface area contributed by atoms with Crippen LogP contribution in [0.25, 0.3) is 0 Å². The fraction of sp³-hybridized carbons (Fsp3) is 0.182. The monoisotopic (exact) mass is 239 g/mol. The van der Waals surface area contributed by atoms with Gasteiger partial charge in [0.05, 0.1) is 0 Å². The van der Waals surface area contributed by atoms with E-state index in [4.69, 9.17) is 0 Å². The largest absolute Gasteiger partial charge is 0.354 e. The second kappa shape index (κ2) is 7.43. The van der Waals surface area contributed by atoms with Crippen LogP contribution in [0.15, 0.2) is 46.8 Å². The summed E-state index contributed by atoms with van der Waals surface area (Å²) < 4.78 is 0. The lowest BCUT2D eigenvalue weighted by Crippen LogP contribution is -2.15. The molecule has 0 aromatic rings. The van der Waals surface area contributed by atoms with E-state index < -0.39 is 0 Å². The van der Waals surface area contributed by atoms with E-state index in [0.29, 0.717) is 18.2 Å². The topological polar surface area (TPSA) is 29.1 Å². The van der Waals surface area contributed by atoms with Crippen molar-refractivity contribution >= 4 is 30.8 Å². The Bertz CT molecular complexity index is 319. The molecule has 1 heterocycles. The van der Waals surface area contributed by atoms with E-state index in [0.717, 1.165) is 4.91 Å². The number of rotatable bonds is 5. The lowest BCUT2D eigenvalue weighted by molar-refractivity contribution is -0.109. The first kappa shape index (κ1) is 12.2. The van der Waals surface area contributed by atoms with Gasteiger partial charge in [0.25, 0.3) is 0 Å². The lowest BCUT2D eigenvalue weighted by Gasteiger charge is -2.14. The number of thiol groups is 1. The van der Waals surface area contributed by atoms with Crippen molar-refractivity contribution < 1.29 is 4.79 Å². The minimum atomic E-state index is 0.336. The maximum atomic E-state index is 10.1. The van der Waals surface area contributed by atoms with Gasteiger partial charge in [0.15, 0.2) is 0 Å². The standard InChI is InChI=1S/C11H13NOS2/c13-9-12-8-11-6-3-5-10(15-11)4-1-2-7-14/h1-7,9-10,14H,8H2,(H,12,13)/b4-1+,7-2-. The summed E-state index contributed by atoms with van der Waals surface area (Å²) in [6, 6.07) is 0. The number of hydrogen-bond donors (Lipinski definition) is 2. The van der Waals surface area contributed by atoms with Gasteiger partial charge in [-0.05, 0) is 5.41 Å². The summed E-state index contributed by atoms with van der Waals surface area (Å²) in [4.78, 5) is 11.3. The van der Waals surface area contributed by atoms with Crippen LogP contribution in [-0.2, 0) is 4.79 Å². The molecule has 0 aromatic heterocycles. The van der Waals surface area contributed by atoms with E-state index in [9.17, 15) is 4.79 Å². The van der Waals surface area contributed by atoms with Gasteiger partial charge in [-0.25, -0.2) is 0 Å². The number of amides is 1. The molecular weight excluding hydrogens is 226 g/mol. The Morgan fingerprint density at radius 2 is 2.40 bits per heavy atom. The van der Waals surface area contributed by atoms with Gasteiger partial charge in [-0.2, -0.15) is 12.6 Å². The van der Waals surface area contributed by atoms with Gasteiger partial charge in [-0.1, -0.05) is 36.5 Å². The van der Waals surface area contributed by atoms with Crippen molar-refractivity contribution in [2.45, 2.75) is 5.25 Å². The Hall–Kier alpha value is -0.870. The molecule has 1 unspecified atom stereocenters. The Morgan fingerprint density at radius 3 is 3.13 bits per heavy atom. The zero-order chi connectivity index (χ0) is 10.9. The SMILES string of the molecule is O=CNCC1=CC=CC(/C=C/C=C\S)S1. The van der Waals surface area contributed by atoms with Crippen LogP contribution in [0.3, 0.4) is 0 Å². The minimum Gasteiger partial charge on any atom is -0.354 e. The molecule has 0 aromatic carbocycles. The number of thioether (sulfide) groups is 1. The Kier molecular flexibility index (Phi) is 6.04. The normalized spacial score (nSPS) is 20.9. The molecule has 0 spiro atoms. The molecule has 0 saturated heterocycles.